The highest BCUT2D eigenvalue weighted by Gasteiger charge is 2.20. The molecule has 0 aliphatic rings. The Balaban J connectivity index is 1.94. The zero-order chi connectivity index (χ0) is 14.8. The molecule has 0 bridgehead atoms. The summed E-state index contributed by atoms with van der Waals surface area (Å²) >= 11 is 1.19. The number of fused-ring (bicyclic) bond motifs is 1. The topological polar surface area (TPSA) is 103 Å². The fourth-order valence-corrected chi connectivity index (χ4v) is 2.25. The fourth-order valence-electron chi connectivity index (χ4n) is 1.80. The van der Waals surface area contributed by atoms with E-state index in [-0.39, 0.29) is 5.56 Å². The Kier molecular flexibility index (Phi) is 3.40. The number of hydrogen-bond donors (Lipinski definition) is 1. The number of anilines is 1. The van der Waals surface area contributed by atoms with Crippen LogP contribution in [-0.4, -0.2) is 31.1 Å². The summed E-state index contributed by atoms with van der Waals surface area (Å²) in [6.07, 6.45) is 0. The second kappa shape index (κ2) is 5.37. The molecule has 1 unspecified atom stereocenters. The summed E-state index contributed by atoms with van der Waals surface area (Å²) in [6.45, 7) is 1.57. The quantitative estimate of drug-likeness (QED) is 0.769. The van der Waals surface area contributed by atoms with E-state index in [0.717, 1.165) is 4.68 Å². The van der Waals surface area contributed by atoms with Gasteiger partial charge in [-0.25, -0.2) is 0 Å². The molecule has 1 aromatic carbocycles. The lowest BCUT2D eigenvalue weighted by atomic mass is 10.2. The molecule has 0 aliphatic heterocycles. The Labute approximate surface area is 122 Å². The average Bonchev–Trinajstić information content (AvgIpc) is 3.00. The van der Waals surface area contributed by atoms with Gasteiger partial charge < -0.3 is 0 Å². The summed E-state index contributed by atoms with van der Waals surface area (Å²) < 4.78 is 1.05. The smallest absolute Gasteiger partial charge is 0.278 e. The van der Waals surface area contributed by atoms with E-state index < -0.39 is 11.9 Å². The van der Waals surface area contributed by atoms with Gasteiger partial charge in [-0.15, -0.1) is 15.3 Å². The first kappa shape index (κ1) is 13.3. The van der Waals surface area contributed by atoms with Crippen LogP contribution in [0.5, 0.6) is 0 Å². The summed E-state index contributed by atoms with van der Waals surface area (Å²) in [6, 6.07) is 6.05. The number of carbonyl (C=O) groups excluding carboxylic acids is 1. The van der Waals surface area contributed by atoms with Gasteiger partial charge in [-0.2, -0.15) is 4.68 Å². The molecule has 3 rings (SSSR count). The average molecular weight is 302 g/mol. The molecule has 1 amide bonds. The van der Waals surface area contributed by atoms with Gasteiger partial charge in [-0.1, -0.05) is 28.7 Å². The Hall–Kier alpha value is -2.68. The van der Waals surface area contributed by atoms with Crippen LogP contribution < -0.4 is 10.9 Å². The van der Waals surface area contributed by atoms with Gasteiger partial charge in [0, 0.05) is 0 Å². The van der Waals surface area contributed by atoms with Crippen LogP contribution in [0.25, 0.3) is 10.9 Å². The van der Waals surface area contributed by atoms with E-state index in [1.54, 1.807) is 31.2 Å². The molecular weight excluding hydrogens is 292 g/mol. The van der Waals surface area contributed by atoms with Crippen molar-refractivity contribution in [3.8, 4) is 0 Å². The van der Waals surface area contributed by atoms with Gasteiger partial charge in [0.2, 0.25) is 5.13 Å². The highest BCUT2D eigenvalue weighted by atomic mass is 32.1. The lowest BCUT2D eigenvalue weighted by Gasteiger charge is -2.12. The van der Waals surface area contributed by atoms with Gasteiger partial charge in [-0.05, 0) is 19.1 Å². The van der Waals surface area contributed by atoms with Crippen molar-refractivity contribution in [1.82, 2.24) is 25.2 Å². The van der Waals surface area contributed by atoms with Crippen LogP contribution in [0.15, 0.2) is 34.6 Å². The number of hydrogen-bond acceptors (Lipinski definition) is 7. The Morgan fingerprint density at radius 3 is 2.90 bits per heavy atom. The fraction of sp³-hybridized carbons (Fsp3) is 0.167. The summed E-state index contributed by atoms with van der Waals surface area (Å²) in [5.41, 5.74) is 1.64. The first-order valence-electron chi connectivity index (χ1n) is 6.08. The van der Waals surface area contributed by atoms with Crippen LogP contribution >= 0.6 is 11.3 Å². The van der Waals surface area contributed by atoms with Gasteiger partial charge in [0.1, 0.15) is 17.1 Å². The van der Waals surface area contributed by atoms with E-state index in [1.165, 1.54) is 16.8 Å². The van der Waals surface area contributed by atoms with Crippen molar-refractivity contribution in [3.63, 3.8) is 0 Å². The van der Waals surface area contributed by atoms with Crippen LogP contribution in [0.4, 0.5) is 5.13 Å². The summed E-state index contributed by atoms with van der Waals surface area (Å²) in [5, 5.41) is 18.5. The number of nitrogens with zero attached hydrogens (tertiary/aromatic N) is 5. The third kappa shape index (κ3) is 2.50. The van der Waals surface area contributed by atoms with Crippen LogP contribution in [0.1, 0.15) is 13.0 Å². The van der Waals surface area contributed by atoms with E-state index in [1.807, 2.05) is 0 Å². The third-order valence-electron chi connectivity index (χ3n) is 2.93. The molecular formula is C12H10N6O2S. The molecule has 0 radical (unpaired) electrons. The van der Waals surface area contributed by atoms with Crippen molar-refractivity contribution >= 4 is 33.3 Å². The minimum atomic E-state index is -0.807. The van der Waals surface area contributed by atoms with Crippen LogP contribution in [-0.2, 0) is 4.79 Å². The molecule has 8 nitrogen and oxygen atoms in total. The van der Waals surface area contributed by atoms with Gasteiger partial charge in [0.25, 0.3) is 11.5 Å². The monoisotopic (exact) mass is 302 g/mol. The normalized spacial score (nSPS) is 12.2. The van der Waals surface area contributed by atoms with Crippen molar-refractivity contribution in [2.75, 3.05) is 5.32 Å². The number of benzene rings is 1. The summed E-state index contributed by atoms with van der Waals surface area (Å²) in [7, 11) is 0. The van der Waals surface area contributed by atoms with Gasteiger partial charge in [-0.3, -0.25) is 14.9 Å². The minimum absolute atomic E-state index is 0.361. The number of aromatic nitrogens is 5. The zero-order valence-corrected chi connectivity index (χ0v) is 11.7. The minimum Gasteiger partial charge on any atom is -0.299 e. The second-order valence-electron chi connectivity index (χ2n) is 4.27. The Bertz CT molecular complexity index is 844. The Morgan fingerprint density at radius 1 is 1.33 bits per heavy atom. The second-order valence-corrected chi connectivity index (χ2v) is 5.10. The molecule has 0 saturated carbocycles. The SMILES string of the molecule is CC(C(=O)Nc1nncs1)n1nnc2ccccc2c1=O. The number of carbonyl (C=O) groups is 1. The van der Waals surface area contributed by atoms with Crippen molar-refractivity contribution in [1.29, 1.82) is 0 Å². The molecule has 0 spiro atoms. The first-order chi connectivity index (χ1) is 10.2. The lowest BCUT2D eigenvalue weighted by molar-refractivity contribution is -0.119. The van der Waals surface area contributed by atoms with Crippen molar-refractivity contribution in [2.45, 2.75) is 13.0 Å². The van der Waals surface area contributed by atoms with E-state index in [4.69, 9.17) is 0 Å². The van der Waals surface area contributed by atoms with Crippen molar-refractivity contribution in [3.05, 3.63) is 40.1 Å². The maximum Gasteiger partial charge on any atom is 0.278 e. The molecule has 2 aromatic heterocycles. The largest absolute Gasteiger partial charge is 0.299 e. The maximum atomic E-state index is 12.3. The molecule has 21 heavy (non-hydrogen) atoms. The molecule has 0 fully saturated rings. The van der Waals surface area contributed by atoms with E-state index >= 15 is 0 Å². The predicted octanol–water partition coefficient (Wildman–Crippen LogP) is 0.843. The Morgan fingerprint density at radius 2 is 2.14 bits per heavy atom. The van der Waals surface area contributed by atoms with E-state index in [9.17, 15) is 9.59 Å². The van der Waals surface area contributed by atoms with Gasteiger partial charge in [0.05, 0.1) is 5.39 Å². The van der Waals surface area contributed by atoms with Crippen LogP contribution in [0.2, 0.25) is 0 Å². The summed E-state index contributed by atoms with van der Waals surface area (Å²) in [4.78, 5) is 24.4. The van der Waals surface area contributed by atoms with Crippen molar-refractivity contribution in [2.24, 2.45) is 0 Å². The molecule has 106 valence electrons. The van der Waals surface area contributed by atoms with Gasteiger partial charge >= 0.3 is 0 Å². The molecule has 1 atom stereocenters. The maximum absolute atomic E-state index is 12.3. The zero-order valence-electron chi connectivity index (χ0n) is 10.9. The van der Waals surface area contributed by atoms with Crippen LogP contribution in [0.3, 0.4) is 0 Å². The van der Waals surface area contributed by atoms with Crippen LogP contribution in [0, 0.1) is 0 Å². The standard InChI is InChI=1S/C12H10N6O2S/c1-7(10(19)14-12-16-13-6-21-12)18-11(20)8-4-2-3-5-9(8)15-17-18/h2-7H,1H3,(H,14,16,19). The molecule has 0 aliphatic carbocycles. The number of nitrogens with one attached hydrogen (secondary N) is 1. The van der Waals surface area contributed by atoms with E-state index in [2.05, 4.69) is 25.8 Å². The molecule has 2 heterocycles. The highest BCUT2D eigenvalue weighted by molar-refractivity contribution is 7.13. The number of rotatable bonds is 3. The molecule has 9 heteroatoms. The predicted molar refractivity (Wildman–Crippen MR) is 77.0 cm³/mol. The van der Waals surface area contributed by atoms with E-state index in [0.29, 0.717) is 16.0 Å². The highest BCUT2D eigenvalue weighted by Crippen LogP contribution is 2.12. The summed E-state index contributed by atoms with van der Waals surface area (Å²) in [5.74, 6) is -0.404. The first-order valence-corrected chi connectivity index (χ1v) is 6.96. The van der Waals surface area contributed by atoms with Crippen molar-refractivity contribution < 1.29 is 4.79 Å². The molecule has 0 saturated heterocycles. The van der Waals surface area contributed by atoms with Gasteiger partial charge in [0.15, 0.2) is 0 Å². The lowest BCUT2D eigenvalue weighted by Crippen LogP contribution is -2.34. The molecule has 1 N–H and O–H groups in total. The third-order valence-corrected chi connectivity index (χ3v) is 3.53. The number of amides is 1. The molecule has 3 aromatic rings.